The van der Waals surface area contributed by atoms with Crippen LogP contribution in [0.2, 0.25) is 0 Å². The lowest BCUT2D eigenvalue weighted by Gasteiger charge is -2.26. The van der Waals surface area contributed by atoms with Gasteiger partial charge in [0.05, 0.1) is 0 Å². The number of aryl methyl sites for hydroxylation is 1. The summed E-state index contributed by atoms with van der Waals surface area (Å²) in [5, 5.41) is 3.51. The number of fused-ring (bicyclic) bond motifs is 1. The van der Waals surface area contributed by atoms with E-state index < -0.39 is 0 Å². The van der Waals surface area contributed by atoms with E-state index in [2.05, 4.69) is 48.6 Å². The molecule has 3 rings (SSSR count). The lowest BCUT2D eigenvalue weighted by molar-refractivity contribution is 0.329. The molecule has 1 saturated heterocycles. The van der Waals surface area contributed by atoms with Crippen molar-refractivity contribution in [2.45, 2.75) is 52.5 Å². The molecule has 4 nitrogen and oxygen atoms in total. The SMILES string of the molecule is Cc1cnc2c(c1)nc(C(C)(C)C)n2CC1CCCNC1. The van der Waals surface area contributed by atoms with E-state index in [4.69, 9.17) is 4.98 Å². The molecule has 2 aromatic heterocycles. The number of nitrogens with one attached hydrogen (secondary N) is 1. The third-order valence-corrected chi connectivity index (χ3v) is 4.23. The zero-order valence-corrected chi connectivity index (χ0v) is 13.6. The first kappa shape index (κ1) is 14.5. The summed E-state index contributed by atoms with van der Waals surface area (Å²) in [6, 6.07) is 2.15. The largest absolute Gasteiger partial charge is 0.316 e. The topological polar surface area (TPSA) is 42.7 Å². The summed E-state index contributed by atoms with van der Waals surface area (Å²) in [4.78, 5) is 9.55. The third kappa shape index (κ3) is 2.95. The predicted octanol–water partition coefficient (Wildman–Crippen LogP) is 3.04. The normalized spacial score (nSPS) is 20.1. The maximum Gasteiger partial charge on any atom is 0.160 e. The van der Waals surface area contributed by atoms with E-state index in [0.717, 1.165) is 36.6 Å². The van der Waals surface area contributed by atoms with Crippen LogP contribution in [-0.2, 0) is 12.0 Å². The minimum absolute atomic E-state index is 0.0384. The lowest BCUT2D eigenvalue weighted by Crippen LogP contribution is -2.33. The molecule has 0 aliphatic carbocycles. The first-order valence-corrected chi connectivity index (χ1v) is 7.99. The third-order valence-electron chi connectivity index (χ3n) is 4.23. The monoisotopic (exact) mass is 286 g/mol. The number of hydrogen-bond donors (Lipinski definition) is 1. The molecule has 0 saturated carbocycles. The maximum absolute atomic E-state index is 4.89. The van der Waals surface area contributed by atoms with Gasteiger partial charge in [0.25, 0.3) is 0 Å². The van der Waals surface area contributed by atoms with E-state index in [1.54, 1.807) is 0 Å². The number of hydrogen-bond acceptors (Lipinski definition) is 3. The highest BCUT2D eigenvalue weighted by Gasteiger charge is 2.25. The zero-order valence-electron chi connectivity index (χ0n) is 13.6. The minimum Gasteiger partial charge on any atom is -0.316 e. The van der Waals surface area contributed by atoms with Gasteiger partial charge in [0.2, 0.25) is 0 Å². The molecule has 2 aromatic rings. The van der Waals surface area contributed by atoms with E-state index in [1.807, 2.05) is 6.20 Å². The molecule has 21 heavy (non-hydrogen) atoms. The van der Waals surface area contributed by atoms with Crippen molar-refractivity contribution in [3.8, 4) is 0 Å². The summed E-state index contributed by atoms with van der Waals surface area (Å²) in [6.07, 6.45) is 4.52. The Balaban J connectivity index is 2.04. The van der Waals surface area contributed by atoms with Gasteiger partial charge < -0.3 is 9.88 Å². The molecule has 1 unspecified atom stereocenters. The summed E-state index contributed by atoms with van der Waals surface area (Å²) < 4.78 is 2.35. The molecule has 1 N–H and O–H groups in total. The lowest BCUT2D eigenvalue weighted by atomic mass is 9.94. The van der Waals surface area contributed by atoms with Crippen molar-refractivity contribution < 1.29 is 0 Å². The van der Waals surface area contributed by atoms with Crippen LogP contribution in [0, 0.1) is 12.8 Å². The number of piperidine rings is 1. The quantitative estimate of drug-likeness (QED) is 0.922. The first-order chi connectivity index (χ1) is 9.95. The molecule has 0 radical (unpaired) electrons. The summed E-state index contributed by atoms with van der Waals surface area (Å²) in [6.45, 7) is 12.1. The van der Waals surface area contributed by atoms with Gasteiger partial charge in [0.15, 0.2) is 5.65 Å². The second-order valence-corrected chi connectivity index (χ2v) is 7.36. The summed E-state index contributed by atoms with van der Waals surface area (Å²) >= 11 is 0. The number of imidazole rings is 1. The van der Waals surface area contributed by atoms with Crippen LogP contribution in [0.1, 0.15) is 45.0 Å². The van der Waals surface area contributed by atoms with Crippen LogP contribution in [0.4, 0.5) is 0 Å². The molecule has 3 heterocycles. The van der Waals surface area contributed by atoms with Crippen LogP contribution in [0.15, 0.2) is 12.3 Å². The van der Waals surface area contributed by atoms with Crippen LogP contribution in [0.25, 0.3) is 11.2 Å². The van der Waals surface area contributed by atoms with E-state index >= 15 is 0 Å². The van der Waals surface area contributed by atoms with Crippen molar-refractivity contribution >= 4 is 11.2 Å². The van der Waals surface area contributed by atoms with Crippen LogP contribution in [-0.4, -0.2) is 27.6 Å². The van der Waals surface area contributed by atoms with Crippen molar-refractivity contribution in [1.82, 2.24) is 19.9 Å². The molecular formula is C17H26N4. The predicted molar refractivity (Wildman–Crippen MR) is 86.6 cm³/mol. The fourth-order valence-corrected chi connectivity index (χ4v) is 3.20. The van der Waals surface area contributed by atoms with E-state index in [9.17, 15) is 0 Å². The van der Waals surface area contributed by atoms with Crippen molar-refractivity contribution in [3.05, 3.63) is 23.7 Å². The standard InChI is InChI=1S/C17H26N4/c1-12-8-14-15(19-9-12)21(16(20-14)17(2,3)4)11-13-6-5-7-18-10-13/h8-9,13,18H,5-7,10-11H2,1-4H3. The highest BCUT2D eigenvalue weighted by molar-refractivity contribution is 5.72. The Hall–Kier alpha value is -1.42. The van der Waals surface area contributed by atoms with E-state index in [0.29, 0.717) is 5.92 Å². The highest BCUT2D eigenvalue weighted by Crippen LogP contribution is 2.27. The van der Waals surface area contributed by atoms with Gasteiger partial charge in [-0.15, -0.1) is 0 Å². The molecule has 1 aliphatic rings. The van der Waals surface area contributed by atoms with Crippen molar-refractivity contribution in [2.24, 2.45) is 5.92 Å². The number of pyridine rings is 1. The molecule has 0 spiro atoms. The average molecular weight is 286 g/mol. The fourth-order valence-electron chi connectivity index (χ4n) is 3.20. The van der Waals surface area contributed by atoms with Gasteiger partial charge in [-0.3, -0.25) is 0 Å². The summed E-state index contributed by atoms with van der Waals surface area (Å²) in [7, 11) is 0. The second kappa shape index (κ2) is 5.41. The number of aromatic nitrogens is 3. The zero-order chi connectivity index (χ0) is 15.0. The molecular weight excluding hydrogens is 260 g/mol. The van der Waals surface area contributed by atoms with Gasteiger partial charge in [0, 0.05) is 18.2 Å². The Kier molecular flexibility index (Phi) is 3.74. The van der Waals surface area contributed by atoms with Crippen LogP contribution in [0.5, 0.6) is 0 Å². The minimum atomic E-state index is 0.0384. The van der Waals surface area contributed by atoms with Crippen molar-refractivity contribution in [2.75, 3.05) is 13.1 Å². The van der Waals surface area contributed by atoms with Gasteiger partial charge >= 0.3 is 0 Å². The van der Waals surface area contributed by atoms with Gasteiger partial charge in [-0.1, -0.05) is 20.8 Å². The molecule has 0 amide bonds. The number of rotatable bonds is 2. The van der Waals surface area contributed by atoms with Crippen LogP contribution >= 0.6 is 0 Å². The van der Waals surface area contributed by atoms with Crippen LogP contribution < -0.4 is 5.32 Å². The van der Waals surface area contributed by atoms with Gasteiger partial charge in [-0.2, -0.15) is 0 Å². The Morgan fingerprint density at radius 2 is 2.19 bits per heavy atom. The van der Waals surface area contributed by atoms with Crippen LogP contribution in [0.3, 0.4) is 0 Å². The fraction of sp³-hybridized carbons (Fsp3) is 0.647. The smallest absolute Gasteiger partial charge is 0.160 e. The molecule has 0 bridgehead atoms. The molecule has 1 aliphatic heterocycles. The highest BCUT2D eigenvalue weighted by atomic mass is 15.1. The Morgan fingerprint density at radius 3 is 2.86 bits per heavy atom. The molecule has 1 fully saturated rings. The van der Waals surface area contributed by atoms with Crippen molar-refractivity contribution in [1.29, 1.82) is 0 Å². The summed E-state index contributed by atoms with van der Waals surface area (Å²) in [5.41, 5.74) is 3.28. The van der Waals surface area contributed by atoms with Gasteiger partial charge in [-0.05, 0) is 50.4 Å². The van der Waals surface area contributed by atoms with Crippen molar-refractivity contribution in [3.63, 3.8) is 0 Å². The van der Waals surface area contributed by atoms with Gasteiger partial charge in [0.1, 0.15) is 11.3 Å². The Bertz CT molecular complexity index is 630. The second-order valence-electron chi connectivity index (χ2n) is 7.36. The van der Waals surface area contributed by atoms with E-state index in [1.165, 1.54) is 18.4 Å². The Morgan fingerprint density at radius 1 is 1.38 bits per heavy atom. The molecule has 4 heteroatoms. The van der Waals surface area contributed by atoms with Gasteiger partial charge in [-0.25, -0.2) is 9.97 Å². The Labute approximate surface area is 127 Å². The summed E-state index contributed by atoms with van der Waals surface area (Å²) in [5.74, 6) is 1.83. The van der Waals surface area contributed by atoms with E-state index in [-0.39, 0.29) is 5.41 Å². The molecule has 114 valence electrons. The molecule has 0 aromatic carbocycles. The first-order valence-electron chi connectivity index (χ1n) is 7.99. The molecule has 1 atom stereocenters. The number of nitrogens with zero attached hydrogens (tertiary/aromatic N) is 3. The average Bonchev–Trinajstić information content (AvgIpc) is 2.78. The maximum atomic E-state index is 4.89.